The first-order valence-electron chi connectivity index (χ1n) is 10.3. The molecule has 10 heteroatoms. The van der Waals surface area contributed by atoms with Gasteiger partial charge in [-0.3, -0.25) is 19.7 Å². The van der Waals surface area contributed by atoms with Crippen LogP contribution >= 0.6 is 15.9 Å². The number of carboxylic acid groups (broad SMARTS) is 1. The van der Waals surface area contributed by atoms with Gasteiger partial charge in [0.25, 0.3) is 17.5 Å². The van der Waals surface area contributed by atoms with Gasteiger partial charge in [0.15, 0.2) is 0 Å². The van der Waals surface area contributed by atoms with E-state index in [-0.39, 0.29) is 28.9 Å². The molecule has 2 amide bonds. The minimum atomic E-state index is -1.28. The van der Waals surface area contributed by atoms with Gasteiger partial charge in [-0.15, -0.1) is 0 Å². The van der Waals surface area contributed by atoms with Crippen LogP contribution in [0.25, 0.3) is 6.08 Å². The molecule has 0 heterocycles. The van der Waals surface area contributed by atoms with Crippen molar-refractivity contribution in [2.24, 2.45) is 0 Å². The van der Waals surface area contributed by atoms with Gasteiger partial charge < -0.3 is 15.7 Å². The van der Waals surface area contributed by atoms with Crippen LogP contribution in [0.5, 0.6) is 0 Å². The summed E-state index contributed by atoms with van der Waals surface area (Å²) in [6.45, 7) is 0. The zero-order valence-electron chi connectivity index (χ0n) is 18.2. The highest BCUT2D eigenvalue weighted by atomic mass is 79.9. The minimum absolute atomic E-state index is 0.0194. The number of rotatable bonds is 9. The van der Waals surface area contributed by atoms with Crippen molar-refractivity contribution in [3.63, 3.8) is 0 Å². The Morgan fingerprint density at radius 2 is 1.71 bits per heavy atom. The summed E-state index contributed by atoms with van der Waals surface area (Å²) >= 11 is 3.28. The molecule has 0 spiro atoms. The Kier molecular flexibility index (Phi) is 8.47. The lowest BCUT2D eigenvalue weighted by atomic mass is 10.1. The maximum atomic E-state index is 13.1. The second-order valence-electron chi connectivity index (χ2n) is 7.43. The highest BCUT2D eigenvalue weighted by Crippen LogP contribution is 2.17. The summed E-state index contributed by atoms with van der Waals surface area (Å²) in [6, 6.07) is 19.4. The largest absolute Gasteiger partial charge is 0.480 e. The summed E-state index contributed by atoms with van der Waals surface area (Å²) in [5, 5.41) is 25.7. The lowest BCUT2D eigenvalue weighted by Gasteiger charge is -2.17. The molecule has 178 valence electrons. The van der Waals surface area contributed by atoms with E-state index in [1.54, 1.807) is 54.6 Å². The maximum absolute atomic E-state index is 13.1. The maximum Gasteiger partial charge on any atom is 0.326 e. The molecule has 9 nitrogen and oxygen atoms in total. The number of hydrogen-bond acceptors (Lipinski definition) is 5. The molecule has 3 N–H and O–H groups in total. The molecule has 0 saturated heterocycles. The van der Waals surface area contributed by atoms with Crippen molar-refractivity contribution in [1.82, 2.24) is 10.6 Å². The van der Waals surface area contributed by atoms with Gasteiger partial charge in [0, 0.05) is 28.6 Å². The van der Waals surface area contributed by atoms with Crippen molar-refractivity contribution >= 4 is 45.5 Å². The van der Waals surface area contributed by atoms with Crippen LogP contribution < -0.4 is 10.6 Å². The van der Waals surface area contributed by atoms with Gasteiger partial charge in [0.05, 0.1) is 4.92 Å². The van der Waals surface area contributed by atoms with Crippen molar-refractivity contribution in [1.29, 1.82) is 0 Å². The van der Waals surface area contributed by atoms with Crippen molar-refractivity contribution in [2.75, 3.05) is 0 Å². The normalized spacial score (nSPS) is 11.9. The van der Waals surface area contributed by atoms with Crippen LogP contribution in [0.3, 0.4) is 0 Å². The summed E-state index contributed by atoms with van der Waals surface area (Å²) in [5.41, 5.74) is 0.742. The molecule has 0 radical (unpaired) electrons. The Labute approximate surface area is 208 Å². The highest BCUT2D eigenvalue weighted by molar-refractivity contribution is 9.10. The SMILES string of the molecule is O=C(N[C@@H](Cc1ccccc1)C(=O)O)/C(=C\c1cccc([N+](=O)[O-])c1)NC(=O)c1cccc(Br)c1. The van der Waals surface area contributed by atoms with E-state index in [1.807, 2.05) is 0 Å². The van der Waals surface area contributed by atoms with Crippen LogP contribution in [-0.4, -0.2) is 33.9 Å². The second-order valence-corrected chi connectivity index (χ2v) is 8.34. The van der Waals surface area contributed by atoms with Gasteiger partial charge in [-0.1, -0.05) is 64.5 Å². The number of benzene rings is 3. The van der Waals surface area contributed by atoms with Crippen molar-refractivity contribution in [3.8, 4) is 0 Å². The number of nitrogens with zero attached hydrogens (tertiary/aromatic N) is 1. The smallest absolute Gasteiger partial charge is 0.326 e. The number of carbonyl (C=O) groups is 3. The third kappa shape index (κ3) is 7.34. The molecule has 0 aromatic heterocycles. The van der Waals surface area contributed by atoms with Crippen LogP contribution in [0.4, 0.5) is 5.69 Å². The number of hydrogen-bond donors (Lipinski definition) is 3. The van der Waals surface area contributed by atoms with Crippen LogP contribution in [0, 0.1) is 10.1 Å². The van der Waals surface area contributed by atoms with E-state index in [0.717, 1.165) is 0 Å². The first-order chi connectivity index (χ1) is 16.7. The third-order valence-electron chi connectivity index (χ3n) is 4.86. The number of halogens is 1. The quantitative estimate of drug-likeness (QED) is 0.214. The van der Waals surface area contributed by atoms with E-state index in [2.05, 4.69) is 26.6 Å². The molecule has 1 atom stereocenters. The average molecular weight is 538 g/mol. The van der Waals surface area contributed by atoms with E-state index >= 15 is 0 Å². The Bertz CT molecular complexity index is 1290. The number of nitro benzene ring substituents is 1. The standard InChI is InChI=1S/C25H20BrN3O6/c26-19-10-5-9-18(15-19)23(30)27-21(14-17-8-4-11-20(12-17)29(34)35)24(31)28-22(25(32)33)13-16-6-2-1-3-7-16/h1-12,14-15,22H,13H2,(H,27,30)(H,28,31)(H,32,33)/b21-14+/t22-/m0/s1. The Morgan fingerprint density at radius 1 is 1.00 bits per heavy atom. The lowest BCUT2D eigenvalue weighted by molar-refractivity contribution is -0.384. The predicted molar refractivity (Wildman–Crippen MR) is 132 cm³/mol. The average Bonchev–Trinajstić information content (AvgIpc) is 2.83. The number of amides is 2. The first kappa shape index (κ1) is 25.3. The van der Waals surface area contributed by atoms with E-state index in [4.69, 9.17) is 0 Å². The van der Waals surface area contributed by atoms with E-state index in [0.29, 0.717) is 10.0 Å². The molecule has 3 aromatic carbocycles. The van der Waals surface area contributed by atoms with Gasteiger partial charge in [-0.2, -0.15) is 0 Å². The number of carboxylic acids is 1. The number of non-ortho nitro benzene ring substituents is 1. The zero-order chi connectivity index (χ0) is 25.4. The minimum Gasteiger partial charge on any atom is -0.480 e. The Morgan fingerprint density at radius 3 is 2.37 bits per heavy atom. The molecular formula is C25H20BrN3O6. The second kappa shape index (κ2) is 11.7. The molecule has 3 rings (SSSR count). The van der Waals surface area contributed by atoms with Gasteiger partial charge >= 0.3 is 5.97 Å². The molecule has 35 heavy (non-hydrogen) atoms. The fourth-order valence-electron chi connectivity index (χ4n) is 3.16. The number of nitro groups is 1. The predicted octanol–water partition coefficient (Wildman–Crippen LogP) is 3.94. The monoisotopic (exact) mass is 537 g/mol. The number of nitrogens with one attached hydrogen (secondary N) is 2. The van der Waals surface area contributed by atoms with E-state index in [9.17, 15) is 29.6 Å². The number of aliphatic carboxylic acids is 1. The van der Waals surface area contributed by atoms with Crippen LogP contribution in [0.15, 0.2) is 89.0 Å². The molecule has 0 unspecified atom stereocenters. The van der Waals surface area contributed by atoms with Crippen molar-refractivity contribution in [3.05, 3.63) is 116 Å². The van der Waals surface area contributed by atoms with Crippen LogP contribution in [-0.2, 0) is 16.0 Å². The fourth-order valence-corrected chi connectivity index (χ4v) is 3.56. The van der Waals surface area contributed by atoms with Gasteiger partial charge in [0.1, 0.15) is 11.7 Å². The third-order valence-corrected chi connectivity index (χ3v) is 5.35. The molecule has 0 fully saturated rings. The lowest BCUT2D eigenvalue weighted by Crippen LogP contribution is -2.45. The molecule has 0 aliphatic rings. The van der Waals surface area contributed by atoms with E-state index < -0.39 is 28.7 Å². The van der Waals surface area contributed by atoms with Gasteiger partial charge in [-0.25, -0.2) is 4.79 Å². The highest BCUT2D eigenvalue weighted by Gasteiger charge is 2.24. The molecule has 0 saturated carbocycles. The topological polar surface area (TPSA) is 139 Å². The molecule has 0 aliphatic heterocycles. The summed E-state index contributed by atoms with van der Waals surface area (Å²) in [4.78, 5) is 48.3. The summed E-state index contributed by atoms with van der Waals surface area (Å²) in [6.07, 6.45) is 1.27. The van der Waals surface area contributed by atoms with Crippen molar-refractivity contribution < 1.29 is 24.4 Å². The van der Waals surface area contributed by atoms with E-state index in [1.165, 1.54) is 30.3 Å². The van der Waals surface area contributed by atoms with Crippen molar-refractivity contribution in [2.45, 2.75) is 12.5 Å². The summed E-state index contributed by atoms with van der Waals surface area (Å²) in [7, 11) is 0. The zero-order valence-corrected chi connectivity index (χ0v) is 19.8. The van der Waals surface area contributed by atoms with Crippen LogP contribution in [0.1, 0.15) is 21.5 Å². The molecule has 0 aliphatic carbocycles. The molecule has 0 bridgehead atoms. The Hall–Kier alpha value is -4.31. The van der Waals surface area contributed by atoms with Gasteiger partial charge in [-0.05, 0) is 35.4 Å². The number of carbonyl (C=O) groups excluding carboxylic acids is 2. The Balaban J connectivity index is 1.92. The fraction of sp³-hybridized carbons (Fsp3) is 0.0800. The molecule has 3 aromatic rings. The molecular weight excluding hydrogens is 518 g/mol. The van der Waals surface area contributed by atoms with Crippen LogP contribution in [0.2, 0.25) is 0 Å². The first-order valence-corrected chi connectivity index (χ1v) is 11.1. The summed E-state index contributed by atoms with van der Waals surface area (Å²) in [5.74, 6) is -2.73. The summed E-state index contributed by atoms with van der Waals surface area (Å²) < 4.78 is 0.646. The van der Waals surface area contributed by atoms with Gasteiger partial charge in [0.2, 0.25) is 0 Å².